The van der Waals surface area contributed by atoms with Gasteiger partial charge < -0.3 is 5.32 Å². The third-order valence-corrected chi connectivity index (χ3v) is 6.32. The van der Waals surface area contributed by atoms with Crippen LogP contribution >= 0.6 is 11.6 Å². The molecule has 7 heteroatoms. The smallest absolute Gasteiger partial charge is 0.244 e. The maximum atomic E-state index is 13.0. The Morgan fingerprint density at radius 1 is 1.07 bits per heavy atom. The van der Waals surface area contributed by atoms with Crippen LogP contribution in [0.25, 0.3) is 0 Å². The number of hydrogen-bond donors (Lipinski definition) is 1. The molecule has 0 aliphatic carbocycles. The Labute approximate surface area is 179 Å². The lowest BCUT2D eigenvalue weighted by atomic mass is 10.0. The maximum absolute atomic E-state index is 13.0. The number of halogens is 1. The molecule has 0 heterocycles. The summed E-state index contributed by atoms with van der Waals surface area (Å²) < 4.78 is 26.2. The monoisotopic (exact) mass is 436 g/mol. The van der Waals surface area contributed by atoms with Gasteiger partial charge in [0.2, 0.25) is 15.9 Å². The van der Waals surface area contributed by atoms with Crippen LogP contribution in [0, 0.1) is 0 Å². The van der Waals surface area contributed by atoms with Crippen LogP contribution in [-0.2, 0) is 34.2 Å². The summed E-state index contributed by atoms with van der Waals surface area (Å²) in [6.07, 6.45) is 3.22. The van der Waals surface area contributed by atoms with Crippen LogP contribution in [0.2, 0.25) is 5.02 Å². The number of benzene rings is 2. The lowest BCUT2D eigenvalue weighted by molar-refractivity contribution is -0.122. The number of nitrogens with zero attached hydrogens (tertiary/aromatic N) is 1. The Balaban J connectivity index is 2.29. The van der Waals surface area contributed by atoms with Gasteiger partial charge in [0.05, 0.1) is 11.9 Å². The number of rotatable bonds is 9. The molecule has 0 saturated heterocycles. The predicted octanol–water partition coefficient (Wildman–Crippen LogP) is 4.33. The highest BCUT2D eigenvalue weighted by atomic mass is 35.5. The van der Waals surface area contributed by atoms with E-state index in [4.69, 9.17) is 11.6 Å². The zero-order chi connectivity index (χ0) is 21.6. The first-order valence-corrected chi connectivity index (χ1v) is 12.1. The third-order valence-electron chi connectivity index (χ3n) is 4.91. The second-order valence-electron chi connectivity index (χ2n) is 6.99. The van der Waals surface area contributed by atoms with E-state index < -0.39 is 16.1 Å². The van der Waals surface area contributed by atoms with Crippen molar-refractivity contribution in [1.82, 2.24) is 5.32 Å². The van der Waals surface area contributed by atoms with Gasteiger partial charge in [-0.15, -0.1) is 0 Å². The Morgan fingerprint density at radius 3 is 2.34 bits per heavy atom. The average molecular weight is 437 g/mol. The number of anilines is 1. The van der Waals surface area contributed by atoms with Crippen molar-refractivity contribution in [3.8, 4) is 0 Å². The lowest BCUT2D eigenvalue weighted by Crippen LogP contribution is -2.49. The molecule has 2 aromatic carbocycles. The molecule has 0 aliphatic heterocycles. The van der Waals surface area contributed by atoms with Gasteiger partial charge >= 0.3 is 0 Å². The van der Waals surface area contributed by atoms with Crippen LogP contribution < -0.4 is 9.62 Å². The normalized spacial score (nSPS) is 12.4. The molecule has 1 atom stereocenters. The first kappa shape index (κ1) is 23.2. The van der Waals surface area contributed by atoms with Crippen molar-refractivity contribution in [2.24, 2.45) is 0 Å². The third kappa shape index (κ3) is 5.97. The van der Waals surface area contributed by atoms with Crippen LogP contribution in [0.5, 0.6) is 0 Å². The summed E-state index contributed by atoms with van der Waals surface area (Å²) in [5.74, 6) is -0.332. The second kappa shape index (κ2) is 10.1. The lowest BCUT2D eigenvalue weighted by Gasteiger charge is -2.30. The molecular formula is C22H29ClN2O3S. The van der Waals surface area contributed by atoms with Crippen molar-refractivity contribution in [2.75, 3.05) is 10.6 Å². The first-order valence-electron chi connectivity index (χ1n) is 9.84. The summed E-state index contributed by atoms with van der Waals surface area (Å²) >= 11 is 6.05. The van der Waals surface area contributed by atoms with E-state index in [0.29, 0.717) is 23.7 Å². The summed E-state index contributed by atoms with van der Waals surface area (Å²) in [5.41, 5.74) is 3.81. The average Bonchev–Trinajstić information content (AvgIpc) is 2.68. The van der Waals surface area contributed by atoms with E-state index in [-0.39, 0.29) is 5.91 Å². The van der Waals surface area contributed by atoms with E-state index in [0.717, 1.165) is 29.0 Å². The van der Waals surface area contributed by atoms with E-state index in [1.54, 1.807) is 31.2 Å². The zero-order valence-electron chi connectivity index (χ0n) is 17.4. The minimum absolute atomic E-state index is 0.332. The number of carbonyl (C=O) groups is 1. The molecule has 29 heavy (non-hydrogen) atoms. The topological polar surface area (TPSA) is 66.5 Å². The molecule has 1 amide bonds. The summed E-state index contributed by atoms with van der Waals surface area (Å²) in [6.45, 7) is 6.32. The SMILES string of the molecule is CCc1ccc(CC)c(CNC(=O)[C@H](CC)N(c2cccc(Cl)c2)S(C)(=O)=O)c1. The summed E-state index contributed by atoms with van der Waals surface area (Å²) in [4.78, 5) is 13.0. The first-order chi connectivity index (χ1) is 13.7. The van der Waals surface area contributed by atoms with Gasteiger partial charge in [0.15, 0.2) is 0 Å². The number of carbonyl (C=O) groups excluding carboxylic acids is 1. The van der Waals surface area contributed by atoms with E-state index >= 15 is 0 Å². The van der Waals surface area contributed by atoms with Gasteiger partial charge in [-0.05, 0) is 54.2 Å². The minimum Gasteiger partial charge on any atom is -0.350 e. The fraction of sp³-hybridized carbons (Fsp3) is 0.409. The number of sulfonamides is 1. The van der Waals surface area contributed by atoms with E-state index in [2.05, 4.69) is 37.4 Å². The van der Waals surface area contributed by atoms with Crippen LogP contribution in [0.1, 0.15) is 43.9 Å². The van der Waals surface area contributed by atoms with Crippen molar-refractivity contribution in [3.63, 3.8) is 0 Å². The molecule has 0 unspecified atom stereocenters. The van der Waals surface area contributed by atoms with Gasteiger partial charge in [0.1, 0.15) is 6.04 Å². The number of nitrogens with one attached hydrogen (secondary N) is 1. The van der Waals surface area contributed by atoms with Gasteiger partial charge in [-0.1, -0.05) is 56.6 Å². The molecule has 0 radical (unpaired) electrons. The molecule has 2 aromatic rings. The zero-order valence-corrected chi connectivity index (χ0v) is 19.0. The molecule has 2 rings (SSSR count). The molecule has 0 aromatic heterocycles. The number of amides is 1. The summed E-state index contributed by atoms with van der Waals surface area (Å²) in [5, 5.41) is 3.35. The molecule has 158 valence electrons. The fourth-order valence-corrected chi connectivity index (χ4v) is 4.77. The molecule has 1 N–H and O–H groups in total. The Kier molecular flexibility index (Phi) is 8.11. The molecule has 0 bridgehead atoms. The summed E-state index contributed by atoms with van der Waals surface area (Å²) in [6, 6.07) is 12.0. The van der Waals surface area contributed by atoms with E-state index in [1.807, 2.05) is 0 Å². The fourth-order valence-electron chi connectivity index (χ4n) is 3.38. The Hall–Kier alpha value is -2.05. The molecular weight excluding hydrogens is 408 g/mol. The van der Waals surface area contributed by atoms with Gasteiger partial charge in [-0.25, -0.2) is 8.42 Å². The Bertz CT molecular complexity index is 960. The van der Waals surface area contributed by atoms with Gasteiger partial charge in [0.25, 0.3) is 0 Å². The number of aryl methyl sites for hydroxylation is 2. The van der Waals surface area contributed by atoms with Crippen molar-refractivity contribution in [1.29, 1.82) is 0 Å². The van der Waals surface area contributed by atoms with Crippen LogP contribution in [0.15, 0.2) is 42.5 Å². The van der Waals surface area contributed by atoms with Crippen LogP contribution in [-0.4, -0.2) is 26.6 Å². The van der Waals surface area contributed by atoms with Crippen LogP contribution in [0.4, 0.5) is 5.69 Å². The van der Waals surface area contributed by atoms with Gasteiger partial charge in [-0.2, -0.15) is 0 Å². The van der Waals surface area contributed by atoms with Crippen molar-refractivity contribution >= 4 is 33.2 Å². The molecule has 5 nitrogen and oxygen atoms in total. The highest BCUT2D eigenvalue weighted by Gasteiger charge is 2.31. The maximum Gasteiger partial charge on any atom is 0.244 e. The highest BCUT2D eigenvalue weighted by Crippen LogP contribution is 2.25. The predicted molar refractivity (Wildman–Crippen MR) is 120 cm³/mol. The highest BCUT2D eigenvalue weighted by molar-refractivity contribution is 7.92. The van der Waals surface area contributed by atoms with E-state index in [9.17, 15) is 13.2 Å². The summed E-state index contributed by atoms with van der Waals surface area (Å²) in [7, 11) is -3.68. The van der Waals surface area contributed by atoms with Crippen molar-refractivity contribution < 1.29 is 13.2 Å². The molecule has 0 aliphatic rings. The molecule has 0 spiro atoms. The van der Waals surface area contributed by atoms with Crippen LogP contribution in [0.3, 0.4) is 0 Å². The van der Waals surface area contributed by atoms with Crippen molar-refractivity contribution in [2.45, 2.75) is 52.6 Å². The second-order valence-corrected chi connectivity index (χ2v) is 9.29. The quantitative estimate of drug-likeness (QED) is 0.636. The Morgan fingerprint density at radius 2 is 1.79 bits per heavy atom. The molecule has 0 saturated carbocycles. The van der Waals surface area contributed by atoms with E-state index in [1.165, 1.54) is 11.1 Å². The standard InChI is InChI=1S/C22H29ClN2O3S/c1-5-16-11-12-17(6-2)18(13-16)15-24-22(26)21(7-3)25(29(4,27)28)20-10-8-9-19(23)14-20/h8-14,21H,5-7,15H2,1-4H3,(H,24,26)/t21-/m0/s1. The number of hydrogen-bond acceptors (Lipinski definition) is 3. The molecule has 0 fully saturated rings. The van der Waals surface area contributed by atoms with Gasteiger partial charge in [-0.3, -0.25) is 9.10 Å². The largest absolute Gasteiger partial charge is 0.350 e. The van der Waals surface area contributed by atoms with Crippen molar-refractivity contribution in [3.05, 3.63) is 64.2 Å². The minimum atomic E-state index is -3.68. The van der Waals surface area contributed by atoms with Gasteiger partial charge in [0, 0.05) is 11.6 Å².